The Bertz CT molecular complexity index is 1520. The minimum absolute atomic E-state index is 0.211. The van der Waals surface area contributed by atoms with E-state index in [1.807, 2.05) is 25.1 Å². The molecule has 0 atom stereocenters. The first kappa shape index (κ1) is 21.1. The molecule has 0 unspecified atom stereocenters. The molecule has 0 aliphatic heterocycles. The average Bonchev–Trinajstić information content (AvgIpc) is 3.35. The van der Waals surface area contributed by atoms with Gasteiger partial charge in [0.15, 0.2) is 0 Å². The molecule has 3 heterocycles. The van der Waals surface area contributed by atoms with E-state index in [0.29, 0.717) is 23.6 Å². The normalized spacial score (nSPS) is 11.4. The third-order valence-electron chi connectivity index (χ3n) is 5.76. The zero-order valence-corrected chi connectivity index (χ0v) is 18.9. The van der Waals surface area contributed by atoms with Gasteiger partial charge in [0, 0.05) is 27.6 Å². The Hall–Kier alpha value is -3.78. The average molecular weight is 461 g/mol. The van der Waals surface area contributed by atoms with Gasteiger partial charge in [-0.25, -0.2) is 19.2 Å². The van der Waals surface area contributed by atoms with Crippen LogP contribution in [0.15, 0.2) is 48.8 Å². The topological polar surface area (TPSA) is 90.9 Å². The maximum absolute atomic E-state index is 14.0. The van der Waals surface area contributed by atoms with E-state index in [2.05, 4.69) is 27.2 Å². The molecule has 0 radical (unpaired) electrons. The third-order valence-corrected chi connectivity index (χ3v) is 7.05. The molecule has 0 fully saturated rings. The highest BCUT2D eigenvalue weighted by Gasteiger charge is 2.14. The predicted octanol–water partition coefficient (Wildman–Crippen LogP) is 5.95. The Morgan fingerprint density at radius 3 is 2.85 bits per heavy atom. The minimum Gasteiger partial charge on any atom is -0.478 e. The standard InChI is InChI=1S/C25H21FN4O2S/c1-13-8-16(26)10-19-17(14(2)33-24(13)19)6-7-27-22-11-20(28-12-29-22)21-9-15-4-3-5-18(25(31)32)23(15)30-21/h3-5,8-12,30H,6-7H2,1-2H3,(H,31,32)(H,27,28,29). The van der Waals surface area contributed by atoms with Crippen molar-refractivity contribution in [1.29, 1.82) is 0 Å². The van der Waals surface area contributed by atoms with Crippen LogP contribution in [0, 0.1) is 19.7 Å². The fourth-order valence-corrected chi connectivity index (χ4v) is 5.35. The van der Waals surface area contributed by atoms with Crippen LogP contribution in [0.4, 0.5) is 10.2 Å². The highest BCUT2D eigenvalue weighted by atomic mass is 32.1. The van der Waals surface area contributed by atoms with Gasteiger partial charge in [-0.05, 0) is 61.0 Å². The minimum atomic E-state index is -0.981. The Labute approximate surface area is 193 Å². The zero-order valence-electron chi connectivity index (χ0n) is 18.1. The van der Waals surface area contributed by atoms with Gasteiger partial charge in [-0.2, -0.15) is 0 Å². The Kier molecular flexibility index (Phi) is 5.30. The van der Waals surface area contributed by atoms with Crippen molar-refractivity contribution in [3.63, 3.8) is 0 Å². The number of carbonyl (C=O) groups is 1. The van der Waals surface area contributed by atoms with E-state index < -0.39 is 5.97 Å². The lowest BCUT2D eigenvalue weighted by atomic mass is 10.1. The second-order valence-electron chi connectivity index (χ2n) is 7.96. The van der Waals surface area contributed by atoms with Crippen LogP contribution in [0.3, 0.4) is 0 Å². The van der Waals surface area contributed by atoms with Crippen LogP contribution in [-0.2, 0) is 6.42 Å². The lowest BCUT2D eigenvalue weighted by Crippen LogP contribution is -2.07. The summed E-state index contributed by atoms with van der Waals surface area (Å²) in [4.78, 5) is 24.5. The molecule has 5 rings (SSSR count). The number of anilines is 1. The SMILES string of the molecule is Cc1sc2c(C)cc(F)cc2c1CCNc1cc(-c2cc3cccc(C(=O)O)c3[nH]2)ncn1. The molecule has 6 nitrogen and oxygen atoms in total. The lowest BCUT2D eigenvalue weighted by molar-refractivity contribution is 0.0699. The van der Waals surface area contributed by atoms with E-state index in [0.717, 1.165) is 38.7 Å². The number of benzene rings is 2. The summed E-state index contributed by atoms with van der Waals surface area (Å²) in [6, 6.07) is 12.1. The number of carboxylic acid groups (broad SMARTS) is 1. The fraction of sp³-hybridized carbons (Fsp3) is 0.160. The summed E-state index contributed by atoms with van der Waals surface area (Å²) < 4.78 is 15.1. The van der Waals surface area contributed by atoms with Crippen LogP contribution >= 0.6 is 11.3 Å². The first-order valence-corrected chi connectivity index (χ1v) is 11.3. The monoisotopic (exact) mass is 460 g/mol. The van der Waals surface area contributed by atoms with Gasteiger partial charge in [0.05, 0.1) is 22.5 Å². The molecule has 3 N–H and O–H groups in total. The molecule has 0 bridgehead atoms. The lowest BCUT2D eigenvalue weighted by Gasteiger charge is -2.07. The largest absolute Gasteiger partial charge is 0.478 e. The van der Waals surface area contributed by atoms with E-state index in [1.165, 1.54) is 11.2 Å². The highest BCUT2D eigenvalue weighted by molar-refractivity contribution is 7.19. The first-order valence-electron chi connectivity index (χ1n) is 10.5. The number of aromatic amines is 1. The van der Waals surface area contributed by atoms with E-state index in [4.69, 9.17) is 0 Å². The highest BCUT2D eigenvalue weighted by Crippen LogP contribution is 2.34. The summed E-state index contributed by atoms with van der Waals surface area (Å²) >= 11 is 1.70. The van der Waals surface area contributed by atoms with E-state index in [9.17, 15) is 14.3 Å². The van der Waals surface area contributed by atoms with Gasteiger partial charge in [-0.1, -0.05) is 12.1 Å². The molecule has 2 aromatic carbocycles. The summed E-state index contributed by atoms with van der Waals surface area (Å²) in [6.45, 7) is 4.64. The number of aromatic carboxylic acids is 1. The second kappa shape index (κ2) is 8.29. The van der Waals surface area contributed by atoms with Gasteiger partial charge in [-0.15, -0.1) is 11.3 Å². The number of nitrogens with zero attached hydrogens (tertiary/aromatic N) is 2. The number of para-hydroxylation sites is 1. The van der Waals surface area contributed by atoms with Crippen molar-refractivity contribution in [3.8, 4) is 11.4 Å². The number of aromatic nitrogens is 3. The summed E-state index contributed by atoms with van der Waals surface area (Å²) in [5, 5.41) is 14.5. The molecule has 0 saturated heterocycles. The molecule has 5 aromatic rings. The van der Waals surface area contributed by atoms with Gasteiger partial charge >= 0.3 is 5.97 Å². The van der Waals surface area contributed by atoms with Gasteiger partial charge in [0.2, 0.25) is 0 Å². The molecule has 0 saturated carbocycles. The first-order chi connectivity index (χ1) is 15.9. The van der Waals surface area contributed by atoms with Gasteiger partial charge < -0.3 is 15.4 Å². The molecule has 0 amide bonds. The number of rotatable bonds is 6. The molecular formula is C25H21FN4O2S. The maximum atomic E-state index is 14.0. The number of thiophene rings is 1. The Morgan fingerprint density at radius 2 is 2.03 bits per heavy atom. The molecule has 8 heteroatoms. The van der Waals surface area contributed by atoms with Gasteiger partial charge in [0.25, 0.3) is 0 Å². The molecule has 33 heavy (non-hydrogen) atoms. The Morgan fingerprint density at radius 1 is 1.18 bits per heavy atom. The number of fused-ring (bicyclic) bond motifs is 2. The number of H-pyrrole nitrogens is 1. The van der Waals surface area contributed by atoms with Crippen LogP contribution in [0.1, 0.15) is 26.4 Å². The number of halogens is 1. The maximum Gasteiger partial charge on any atom is 0.337 e. The molecule has 0 aliphatic rings. The molecule has 0 aliphatic carbocycles. The quantitative estimate of drug-likeness (QED) is 0.291. The van der Waals surface area contributed by atoms with Crippen LogP contribution in [-0.4, -0.2) is 32.6 Å². The van der Waals surface area contributed by atoms with Gasteiger partial charge in [0.1, 0.15) is 18.0 Å². The number of nitrogens with one attached hydrogen (secondary N) is 2. The van der Waals surface area contributed by atoms with E-state index in [-0.39, 0.29) is 11.4 Å². The summed E-state index contributed by atoms with van der Waals surface area (Å²) in [5.41, 5.74) is 4.27. The van der Waals surface area contributed by atoms with E-state index >= 15 is 0 Å². The van der Waals surface area contributed by atoms with Crippen LogP contribution in [0.2, 0.25) is 0 Å². The van der Waals surface area contributed by atoms with Crippen LogP contribution in [0.25, 0.3) is 32.4 Å². The fourth-order valence-electron chi connectivity index (χ4n) is 4.19. The number of hydrogen-bond acceptors (Lipinski definition) is 5. The number of aryl methyl sites for hydroxylation is 2. The summed E-state index contributed by atoms with van der Waals surface area (Å²) in [7, 11) is 0. The third kappa shape index (κ3) is 3.93. The molecule has 3 aromatic heterocycles. The van der Waals surface area contributed by atoms with E-state index in [1.54, 1.807) is 35.6 Å². The second-order valence-corrected chi connectivity index (χ2v) is 9.18. The van der Waals surface area contributed by atoms with Crippen LogP contribution in [0.5, 0.6) is 0 Å². The van der Waals surface area contributed by atoms with Crippen molar-refractivity contribution in [2.24, 2.45) is 0 Å². The van der Waals surface area contributed by atoms with Crippen molar-refractivity contribution in [3.05, 3.63) is 76.2 Å². The molecular weight excluding hydrogens is 439 g/mol. The van der Waals surface area contributed by atoms with Crippen LogP contribution < -0.4 is 5.32 Å². The number of hydrogen-bond donors (Lipinski definition) is 3. The van der Waals surface area contributed by atoms with Crippen molar-refractivity contribution in [2.45, 2.75) is 20.3 Å². The molecule has 0 spiro atoms. The van der Waals surface area contributed by atoms with Crippen molar-refractivity contribution in [2.75, 3.05) is 11.9 Å². The Balaban J connectivity index is 1.37. The van der Waals surface area contributed by atoms with Crippen molar-refractivity contribution < 1.29 is 14.3 Å². The van der Waals surface area contributed by atoms with Crippen molar-refractivity contribution >= 4 is 44.1 Å². The smallest absolute Gasteiger partial charge is 0.337 e. The molecule has 166 valence electrons. The predicted molar refractivity (Wildman–Crippen MR) is 130 cm³/mol. The van der Waals surface area contributed by atoms with Crippen molar-refractivity contribution in [1.82, 2.24) is 15.0 Å². The van der Waals surface area contributed by atoms with Gasteiger partial charge in [-0.3, -0.25) is 0 Å². The zero-order chi connectivity index (χ0) is 23.1. The number of carboxylic acids is 1. The summed E-state index contributed by atoms with van der Waals surface area (Å²) in [6.07, 6.45) is 2.22. The summed E-state index contributed by atoms with van der Waals surface area (Å²) in [5.74, 6) is -0.529.